The first-order valence-electron chi connectivity index (χ1n) is 7.30. The first-order valence-corrected chi connectivity index (χ1v) is 7.30. The van der Waals surface area contributed by atoms with Gasteiger partial charge >= 0.3 is 0 Å². The SMILES string of the molecule is CCn1c(CC(N)c2cnn(C)c2C)nc2ccccc21. The van der Waals surface area contributed by atoms with Crippen LogP contribution in [0.1, 0.15) is 30.0 Å². The van der Waals surface area contributed by atoms with Crippen LogP contribution in [0.15, 0.2) is 30.5 Å². The summed E-state index contributed by atoms with van der Waals surface area (Å²) in [4.78, 5) is 4.74. The Morgan fingerprint density at radius 2 is 2.05 bits per heavy atom. The number of aromatic nitrogens is 4. The Labute approximate surface area is 124 Å². The molecule has 2 aromatic heterocycles. The van der Waals surface area contributed by atoms with E-state index in [4.69, 9.17) is 10.7 Å². The van der Waals surface area contributed by atoms with Crippen LogP contribution in [-0.4, -0.2) is 19.3 Å². The lowest BCUT2D eigenvalue weighted by Gasteiger charge is -2.12. The highest BCUT2D eigenvalue weighted by atomic mass is 15.3. The zero-order valence-electron chi connectivity index (χ0n) is 12.7. The van der Waals surface area contributed by atoms with E-state index in [2.05, 4.69) is 22.7 Å². The van der Waals surface area contributed by atoms with Crippen LogP contribution in [0.5, 0.6) is 0 Å². The molecule has 1 unspecified atom stereocenters. The van der Waals surface area contributed by atoms with E-state index in [1.54, 1.807) is 0 Å². The summed E-state index contributed by atoms with van der Waals surface area (Å²) in [6, 6.07) is 8.14. The van der Waals surface area contributed by atoms with Crippen LogP contribution >= 0.6 is 0 Å². The van der Waals surface area contributed by atoms with Gasteiger partial charge in [-0.2, -0.15) is 5.10 Å². The summed E-state index contributed by atoms with van der Waals surface area (Å²) in [7, 11) is 1.94. The second kappa shape index (κ2) is 5.33. The molecule has 0 spiro atoms. The van der Waals surface area contributed by atoms with E-state index in [-0.39, 0.29) is 6.04 Å². The van der Waals surface area contributed by atoms with Crippen molar-refractivity contribution >= 4 is 11.0 Å². The summed E-state index contributed by atoms with van der Waals surface area (Å²) in [5.41, 5.74) is 10.8. The molecule has 0 radical (unpaired) electrons. The number of rotatable bonds is 4. The van der Waals surface area contributed by atoms with Gasteiger partial charge < -0.3 is 10.3 Å². The van der Waals surface area contributed by atoms with Crippen molar-refractivity contribution in [3.8, 4) is 0 Å². The molecular weight excluding hydrogens is 262 g/mol. The number of imidazole rings is 1. The van der Waals surface area contributed by atoms with Crippen LogP contribution in [-0.2, 0) is 20.0 Å². The molecule has 0 bridgehead atoms. The number of hydrogen-bond donors (Lipinski definition) is 1. The van der Waals surface area contributed by atoms with Crippen molar-refractivity contribution in [1.29, 1.82) is 0 Å². The van der Waals surface area contributed by atoms with Crippen LogP contribution in [0.25, 0.3) is 11.0 Å². The Morgan fingerprint density at radius 3 is 2.71 bits per heavy atom. The van der Waals surface area contributed by atoms with Crippen molar-refractivity contribution < 1.29 is 0 Å². The third kappa shape index (κ3) is 2.34. The van der Waals surface area contributed by atoms with Gasteiger partial charge in [0.25, 0.3) is 0 Å². The summed E-state index contributed by atoms with van der Waals surface area (Å²) in [6.45, 7) is 5.08. The van der Waals surface area contributed by atoms with Crippen molar-refractivity contribution in [1.82, 2.24) is 19.3 Å². The molecule has 3 rings (SSSR count). The van der Waals surface area contributed by atoms with E-state index < -0.39 is 0 Å². The molecule has 2 heterocycles. The number of benzene rings is 1. The Kier molecular flexibility index (Phi) is 3.51. The smallest absolute Gasteiger partial charge is 0.111 e. The fourth-order valence-electron chi connectivity index (χ4n) is 2.82. The van der Waals surface area contributed by atoms with Crippen molar-refractivity contribution in [3.05, 3.63) is 47.5 Å². The Bertz CT molecular complexity index is 768. The molecule has 21 heavy (non-hydrogen) atoms. The number of nitrogens with zero attached hydrogens (tertiary/aromatic N) is 4. The molecule has 0 aliphatic carbocycles. The minimum atomic E-state index is -0.0826. The topological polar surface area (TPSA) is 61.7 Å². The zero-order valence-corrected chi connectivity index (χ0v) is 12.7. The molecule has 3 aromatic rings. The number of fused-ring (bicyclic) bond motifs is 1. The van der Waals surface area contributed by atoms with Gasteiger partial charge in [0.2, 0.25) is 0 Å². The number of nitrogens with two attached hydrogens (primary N) is 1. The number of hydrogen-bond acceptors (Lipinski definition) is 3. The maximum atomic E-state index is 6.38. The van der Waals surface area contributed by atoms with E-state index in [9.17, 15) is 0 Å². The van der Waals surface area contributed by atoms with E-state index in [0.29, 0.717) is 0 Å². The van der Waals surface area contributed by atoms with Crippen LogP contribution in [0.3, 0.4) is 0 Å². The van der Waals surface area contributed by atoms with Gasteiger partial charge in [0, 0.05) is 37.3 Å². The molecule has 0 amide bonds. The van der Waals surface area contributed by atoms with Crippen molar-refractivity contribution in [2.45, 2.75) is 32.9 Å². The van der Waals surface area contributed by atoms with E-state index in [1.807, 2.05) is 43.0 Å². The molecular formula is C16H21N5. The maximum Gasteiger partial charge on any atom is 0.111 e. The van der Waals surface area contributed by atoms with Gasteiger partial charge in [-0.25, -0.2) is 4.98 Å². The molecule has 1 aromatic carbocycles. The third-order valence-electron chi connectivity index (χ3n) is 4.13. The largest absolute Gasteiger partial charge is 0.328 e. The van der Waals surface area contributed by atoms with Gasteiger partial charge in [-0.3, -0.25) is 4.68 Å². The fraction of sp³-hybridized carbons (Fsp3) is 0.375. The molecule has 2 N–H and O–H groups in total. The van der Waals surface area contributed by atoms with Crippen molar-refractivity contribution in [2.24, 2.45) is 12.8 Å². The monoisotopic (exact) mass is 283 g/mol. The summed E-state index contributed by atoms with van der Waals surface area (Å²) in [6.07, 6.45) is 2.58. The third-order valence-corrected chi connectivity index (χ3v) is 4.13. The van der Waals surface area contributed by atoms with Gasteiger partial charge in [0.15, 0.2) is 0 Å². The molecule has 0 saturated carbocycles. The summed E-state index contributed by atoms with van der Waals surface area (Å²) in [5, 5.41) is 4.27. The molecule has 0 aliphatic rings. The van der Waals surface area contributed by atoms with Crippen LogP contribution in [0.4, 0.5) is 0 Å². The summed E-state index contributed by atoms with van der Waals surface area (Å²) < 4.78 is 4.10. The Balaban J connectivity index is 1.96. The number of para-hydroxylation sites is 2. The average Bonchev–Trinajstić information content (AvgIpc) is 2.99. The number of aryl methyl sites for hydroxylation is 2. The predicted molar refractivity (Wildman–Crippen MR) is 84.0 cm³/mol. The van der Waals surface area contributed by atoms with Gasteiger partial charge in [0.05, 0.1) is 17.2 Å². The molecule has 0 fully saturated rings. The minimum Gasteiger partial charge on any atom is -0.328 e. The van der Waals surface area contributed by atoms with Crippen LogP contribution < -0.4 is 5.73 Å². The molecule has 110 valence electrons. The molecule has 5 nitrogen and oxygen atoms in total. The lowest BCUT2D eigenvalue weighted by molar-refractivity contribution is 0.632. The van der Waals surface area contributed by atoms with Gasteiger partial charge in [-0.05, 0) is 26.0 Å². The molecule has 0 aliphatic heterocycles. The van der Waals surface area contributed by atoms with E-state index >= 15 is 0 Å². The highest BCUT2D eigenvalue weighted by molar-refractivity contribution is 5.75. The highest BCUT2D eigenvalue weighted by Crippen LogP contribution is 2.22. The van der Waals surface area contributed by atoms with E-state index in [0.717, 1.165) is 35.6 Å². The lowest BCUT2D eigenvalue weighted by Crippen LogP contribution is -2.17. The maximum absolute atomic E-state index is 6.38. The second-order valence-corrected chi connectivity index (χ2v) is 5.38. The fourth-order valence-corrected chi connectivity index (χ4v) is 2.82. The summed E-state index contributed by atoms with van der Waals surface area (Å²) >= 11 is 0. The normalized spacial score (nSPS) is 13.0. The zero-order chi connectivity index (χ0) is 15.0. The minimum absolute atomic E-state index is 0.0826. The Hall–Kier alpha value is -2.14. The molecule has 1 atom stereocenters. The quantitative estimate of drug-likeness (QED) is 0.799. The predicted octanol–water partition coefficient (Wildman–Crippen LogP) is 2.34. The van der Waals surface area contributed by atoms with Gasteiger partial charge in [-0.15, -0.1) is 0 Å². The lowest BCUT2D eigenvalue weighted by atomic mass is 10.1. The second-order valence-electron chi connectivity index (χ2n) is 5.38. The summed E-state index contributed by atoms with van der Waals surface area (Å²) in [5.74, 6) is 1.04. The van der Waals surface area contributed by atoms with Crippen LogP contribution in [0.2, 0.25) is 0 Å². The Morgan fingerprint density at radius 1 is 1.29 bits per heavy atom. The van der Waals surface area contributed by atoms with Crippen molar-refractivity contribution in [2.75, 3.05) is 0 Å². The first kappa shape index (κ1) is 13.8. The van der Waals surface area contributed by atoms with Gasteiger partial charge in [0.1, 0.15) is 5.82 Å². The molecule has 0 saturated heterocycles. The van der Waals surface area contributed by atoms with Crippen LogP contribution in [0, 0.1) is 6.92 Å². The van der Waals surface area contributed by atoms with E-state index in [1.165, 1.54) is 5.52 Å². The highest BCUT2D eigenvalue weighted by Gasteiger charge is 2.17. The molecule has 5 heteroatoms. The van der Waals surface area contributed by atoms with Gasteiger partial charge in [-0.1, -0.05) is 12.1 Å². The first-order chi connectivity index (χ1) is 10.1. The van der Waals surface area contributed by atoms with Crippen molar-refractivity contribution in [3.63, 3.8) is 0 Å². The average molecular weight is 283 g/mol. The standard InChI is InChI=1S/C16H21N5/c1-4-21-15-8-6-5-7-14(15)19-16(21)9-13(17)12-10-18-20(3)11(12)2/h5-8,10,13H,4,9,17H2,1-3H3.